The van der Waals surface area contributed by atoms with E-state index in [4.69, 9.17) is 9.47 Å². The van der Waals surface area contributed by atoms with Gasteiger partial charge >= 0.3 is 0 Å². The molecule has 1 aliphatic rings. The number of rotatable bonds is 7. The molecule has 2 N–H and O–H groups in total. The maximum Gasteiger partial charge on any atom is 0.251 e. The fourth-order valence-electron chi connectivity index (χ4n) is 3.13. The molecule has 1 saturated heterocycles. The molecule has 0 aliphatic carbocycles. The van der Waals surface area contributed by atoms with Crippen molar-refractivity contribution in [2.75, 3.05) is 33.4 Å². The number of nitrogens with one attached hydrogen (secondary N) is 2. The van der Waals surface area contributed by atoms with Gasteiger partial charge < -0.3 is 19.7 Å². The molecule has 0 bridgehead atoms. The lowest BCUT2D eigenvalue weighted by molar-refractivity contribution is -0.905. The number of amides is 1. The van der Waals surface area contributed by atoms with E-state index in [-0.39, 0.29) is 11.9 Å². The van der Waals surface area contributed by atoms with Gasteiger partial charge in [-0.3, -0.25) is 4.79 Å². The van der Waals surface area contributed by atoms with Crippen molar-refractivity contribution < 1.29 is 19.2 Å². The normalized spacial score (nSPS) is 20.8. The third-order valence-electron chi connectivity index (χ3n) is 4.36. The molecule has 0 aromatic heterocycles. The summed E-state index contributed by atoms with van der Waals surface area (Å²) in [5.74, 6) is 1.24. The molecule has 0 saturated carbocycles. The quantitative estimate of drug-likeness (QED) is 0.795. The van der Waals surface area contributed by atoms with Gasteiger partial charge in [-0.05, 0) is 31.5 Å². The SMILES string of the molecule is CCC[NH+]1CCC(NC(=O)c2ccc(OCC)c(OC)c2)CC1. The number of methoxy groups -OCH3 is 1. The highest BCUT2D eigenvalue weighted by molar-refractivity contribution is 5.95. The molecule has 5 nitrogen and oxygen atoms in total. The van der Waals surface area contributed by atoms with Crippen molar-refractivity contribution in [2.45, 2.75) is 39.2 Å². The second-order valence-corrected chi connectivity index (χ2v) is 6.05. The lowest BCUT2D eigenvalue weighted by atomic mass is 10.0. The fraction of sp³-hybridized carbons (Fsp3) is 0.611. The van der Waals surface area contributed by atoms with E-state index < -0.39 is 0 Å². The minimum atomic E-state index is -0.0321. The Bertz CT molecular complexity index is 511. The summed E-state index contributed by atoms with van der Waals surface area (Å²) >= 11 is 0. The van der Waals surface area contributed by atoms with Crippen molar-refractivity contribution in [1.29, 1.82) is 0 Å². The van der Waals surface area contributed by atoms with E-state index in [9.17, 15) is 4.79 Å². The first-order chi connectivity index (χ1) is 11.2. The number of carbonyl (C=O) groups is 1. The third-order valence-corrected chi connectivity index (χ3v) is 4.36. The van der Waals surface area contributed by atoms with Gasteiger partial charge in [-0.15, -0.1) is 0 Å². The topological polar surface area (TPSA) is 52.0 Å². The molecule has 128 valence electrons. The van der Waals surface area contributed by atoms with Crippen LogP contribution < -0.4 is 19.7 Å². The Morgan fingerprint density at radius 1 is 1.26 bits per heavy atom. The van der Waals surface area contributed by atoms with E-state index >= 15 is 0 Å². The molecule has 0 spiro atoms. The van der Waals surface area contributed by atoms with Crippen LogP contribution in [0.15, 0.2) is 18.2 Å². The van der Waals surface area contributed by atoms with E-state index in [2.05, 4.69) is 12.2 Å². The van der Waals surface area contributed by atoms with Gasteiger partial charge in [0.15, 0.2) is 11.5 Å². The van der Waals surface area contributed by atoms with Crippen molar-refractivity contribution in [2.24, 2.45) is 0 Å². The van der Waals surface area contributed by atoms with Crippen LogP contribution in [0.4, 0.5) is 0 Å². The van der Waals surface area contributed by atoms with Crippen LogP contribution in [-0.2, 0) is 0 Å². The molecule has 2 rings (SSSR count). The molecular formula is C18H29N2O3+. The number of carbonyl (C=O) groups excluding carboxylic acids is 1. The summed E-state index contributed by atoms with van der Waals surface area (Å²) in [5, 5.41) is 3.15. The summed E-state index contributed by atoms with van der Waals surface area (Å²) < 4.78 is 10.8. The lowest BCUT2D eigenvalue weighted by Gasteiger charge is -2.29. The van der Waals surface area contributed by atoms with Crippen LogP contribution in [0, 0.1) is 0 Å². The minimum absolute atomic E-state index is 0.0321. The number of hydrogen-bond donors (Lipinski definition) is 2. The Morgan fingerprint density at radius 3 is 2.61 bits per heavy atom. The molecule has 1 fully saturated rings. The molecule has 1 aromatic rings. The summed E-state index contributed by atoms with van der Waals surface area (Å²) in [6, 6.07) is 5.62. The number of piperidine rings is 1. The standard InChI is InChI=1S/C18H28N2O3/c1-4-10-20-11-8-15(9-12-20)19-18(21)14-6-7-16(23-5-2)17(13-14)22-3/h6-7,13,15H,4-5,8-12H2,1-3H3,(H,19,21)/p+1. The van der Waals surface area contributed by atoms with Crippen LogP contribution in [0.1, 0.15) is 43.5 Å². The Morgan fingerprint density at radius 2 is 2.00 bits per heavy atom. The van der Waals surface area contributed by atoms with E-state index in [1.54, 1.807) is 30.2 Å². The van der Waals surface area contributed by atoms with Crippen molar-refractivity contribution in [3.63, 3.8) is 0 Å². The van der Waals surface area contributed by atoms with Crippen LogP contribution >= 0.6 is 0 Å². The average molecular weight is 321 g/mol. The van der Waals surface area contributed by atoms with Gasteiger partial charge in [0, 0.05) is 24.4 Å². The third kappa shape index (κ3) is 4.86. The molecule has 0 unspecified atom stereocenters. The number of benzene rings is 1. The van der Waals surface area contributed by atoms with Gasteiger partial charge in [-0.2, -0.15) is 0 Å². The maximum atomic E-state index is 12.4. The summed E-state index contributed by atoms with van der Waals surface area (Å²) in [7, 11) is 1.59. The van der Waals surface area contributed by atoms with Crippen LogP contribution in [0.3, 0.4) is 0 Å². The van der Waals surface area contributed by atoms with E-state index in [1.165, 1.54) is 13.0 Å². The monoisotopic (exact) mass is 321 g/mol. The fourth-order valence-corrected chi connectivity index (χ4v) is 3.13. The lowest BCUT2D eigenvalue weighted by Crippen LogP contribution is -3.13. The summed E-state index contributed by atoms with van der Waals surface area (Å²) in [6.45, 7) is 8.24. The Kier molecular flexibility index (Phi) is 6.71. The van der Waals surface area contributed by atoms with Gasteiger partial charge in [0.05, 0.1) is 33.4 Å². The molecule has 1 aromatic carbocycles. The van der Waals surface area contributed by atoms with Crippen molar-refractivity contribution in [1.82, 2.24) is 5.32 Å². The van der Waals surface area contributed by atoms with Crippen LogP contribution in [0.5, 0.6) is 11.5 Å². The van der Waals surface area contributed by atoms with Gasteiger partial charge in [-0.25, -0.2) is 0 Å². The van der Waals surface area contributed by atoms with Crippen LogP contribution in [-0.4, -0.2) is 45.3 Å². The zero-order chi connectivity index (χ0) is 16.7. The predicted octanol–water partition coefficient (Wildman–Crippen LogP) is 1.28. The maximum absolute atomic E-state index is 12.4. The highest BCUT2D eigenvalue weighted by atomic mass is 16.5. The molecule has 0 atom stereocenters. The molecule has 1 aliphatic heterocycles. The first-order valence-corrected chi connectivity index (χ1v) is 8.63. The largest absolute Gasteiger partial charge is 0.493 e. The number of ether oxygens (including phenoxy) is 2. The summed E-state index contributed by atoms with van der Waals surface area (Å²) in [6.07, 6.45) is 3.32. The predicted molar refractivity (Wildman–Crippen MR) is 90.5 cm³/mol. The molecule has 23 heavy (non-hydrogen) atoms. The molecule has 1 amide bonds. The Balaban J connectivity index is 1.93. The molecular weight excluding hydrogens is 292 g/mol. The summed E-state index contributed by atoms with van der Waals surface area (Å²) in [4.78, 5) is 14.1. The Hall–Kier alpha value is -1.75. The van der Waals surface area contributed by atoms with Gasteiger partial charge in [-0.1, -0.05) is 6.92 Å². The second-order valence-electron chi connectivity index (χ2n) is 6.05. The molecule has 1 heterocycles. The zero-order valence-electron chi connectivity index (χ0n) is 14.5. The number of quaternary nitrogens is 1. The first-order valence-electron chi connectivity index (χ1n) is 8.63. The first kappa shape index (κ1) is 17.6. The smallest absolute Gasteiger partial charge is 0.251 e. The van der Waals surface area contributed by atoms with Crippen molar-refractivity contribution in [3.05, 3.63) is 23.8 Å². The number of likely N-dealkylation sites (tertiary alicyclic amines) is 1. The minimum Gasteiger partial charge on any atom is -0.493 e. The van der Waals surface area contributed by atoms with Crippen molar-refractivity contribution in [3.8, 4) is 11.5 Å². The van der Waals surface area contributed by atoms with Crippen LogP contribution in [0.25, 0.3) is 0 Å². The average Bonchev–Trinajstić information content (AvgIpc) is 2.57. The highest BCUT2D eigenvalue weighted by Gasteiger charge is 2.23. The second kappa shape index (κ2) is 8.77. The number of hydrogen-bond acceptors (Lipinski definition) is 3. The van der Waals surface area contributed by atoms with E-state index in [0.29, 0.717) is 23.7 Å². The van der Waals surface area contributed by atoms with Gasteiger partial charge in [0.2, 0.25) is 0 Å². The summed E-state index contributed by atoms with van der Waals surface area (Å²) in [5.41, 5.74) is 0.619. The van der Waals surface area contributed by atoms with Gasteiger partial charge in [0.1, 0.15) is 0 Å². The molecule has 5 heteroatoms. The Labute approximate surface area is 139 Å². The molecule has 0 radical (unpaired) electrons. The zero-order valence-corrected chi connectivity index (χ0v) is 14.5. The van der Waals surface area contributed by atoms with Crippen molar-refractivity contribution >= 4 is 5.91 Å². The van der Waals surface area contributed by atoms with E-state index in [0.717, 1.165) is 25.9 Å². The van der Waals surface area contributed by atoms with Crippen LogP contribution in [0.2, 0.25) is 0 Å². The van der Waals surface area contributed by atoms with Gasteiger partial charge in [0.25, 0.3) is 5.91 Å². The highest BCUT2D eigenvalue weighted by Crippen LogP contribution is 2.28. The van der Waals surface area contributed by atoms with E-state index in [1.807, 2.05) is 6.92 Å².